The van der Waals surface area contributed by atoms with Gasteiger partial charge in [0.15, 0.2) is 0 Å². The van der Waals surface area contributed by atoms with Gasteiger partial charge in [0.2, 0.25) is 5.82 Å². The van der Waals surface area contributed by atoms with Crippen molar-refractivity contribution in [3.63, 3.8) is 0 Å². The minimum Gasteiger partial charge on any atom is -0.350 e. The third-order valence-electron chi connectivity index (χ3n) is 2.66. The molecule has 98 valence electrons. The maximum absolute atomic E-state index is 11.0. The molecule has 1 aromatic carbocycles. The molecule has 0 aliphatic heterocycles. The molecule has 5 nitrogen and oxygen atoms in total. The largest absolute Gasteiger partial charge is 0.350 e. The Morgan fingerprint density at radius 3 is 2.63 bits per heavy atom. The number of aromatic nitrogens is 1. The van der Waals surface area contributed by atoms with Crippen LogP contribution in [-0.2, 0) is 6.54 Å². The molecular formula is C13H12BrN3O2. The van der Waals surface area contributed by atoms with E-state index in [9.17, 15) is 10.1 Å². The SMILES string of the molecule is CN(Cc1ccc(Br)cc1)c1ncccc1[N+](=O)[O-]. The van der Waals surface area contributed by atoms with Crippen molar-refractivity contribution in [1.82, 2.24) is 4.98 Å². The lowest BCUT2D eigenvalue weighted by molar-refractivity contribution is -0.384. The molecule has 0 spiro atoms. The molecule has 0 bridgehead atoms. The number of hydrogen-bond donors (Lipinski definition) is 0. The summed E-state index contributed by atoms with van der Waals surface area (Å²) in [6, 6.07) is 10.8. The van der Waals surface area contributed by atoms with Gasteiger partial charge in [0, 0.05) is 30.3 Å². The Kier molecular flexibility index (Phi) is 4.11. The molecule has 0 unspecified atom stereocenters. The molecule has 6 heteroatoms. The summed E-state index contributed by atoms with van der Waals surface area (Å²) in [5.74, 6) is 0.371. The normalized spacial score (nSPS) is 10.2. The first-order valence-electron chi connectivity index (χ1n) is 5.63. The lowest BCUT2D eigenvalue weighted by atomic mass is 10.2. The topological polar surface area (TPSA) is 59.3 Å². The van der Waals surface area contributed by atoms with Gasteiger partial charge in [-0.25, -0.2) is 4.98 Å². The molecule has 0 atom stereocenters. The first-order valence-corrected chi connectivity index (χ1v) is 6.42. The second kappa shape index (κ2) is 5.79. The molecule has 0 N–H and O–H groups in total. The van der Waals surface area contributed by atoms with Crippen LogP contribution in [0.1, 0.15) is 5.56 Å². The molecule has 0 fully saturated rings. The second-order valence-corrected chi connectivity index (χ2v) is 5.00. The van der Waals surface area contributed by atoms with Gasteiger partial charge in [0.1, 0.15) is 0 Å². The first kappa shape index (κ1) is 13.5. The lowest BCUT2D eigenvalue weighted by Crippen LogP contribution is -2.18. The molecule has 0 saturated carbocycles. The third-order valence-corrected chi connectivity index (χ3v) is 3.19. The highest BCUT2D eigenvalue weighted by atomic mass is 79.9. The van der Waals surface area contributed by atoms with Crippen LogP contribution in [-0.4, -0.2) is 17.0 Å². The number of pyridine rings is 1. The van der Waals surface area contributed by atoms with Gasteiger partial charge in [-0.1, -0.05) is 28.1 Å². The maximum Gasteiger partial charge on any atom is 0.311 e. The van der Waals surface area contributed by atoms with E-state index in [-0.39, 0.29) is 5.69 Å². The van der Waals surface area contributed by atoms with Crippen LogP contribution >= 0.6 is 15.9 Å². The average molecular weight is 322 g/mol. The molecule has 1 aromatic heterocycles. The predicted molar refractivity (Wildman–Crippen MR) is 77.1 cm³/mol. The zero-order valence-electron chi connectivity index (χ0n) is 10.3. The van der Waals surface area contributed by atoms with Gasteiger partial charge in [0.05, 0.1) is 4.92 Å². The van der Waals surface area contributed by atoms with Gasteiger partial charge in [-0.05, 0) is 23.8 Å². The van der Waals surface area contributed by atoms with E-state index >= 15 is 0 Å². The second-order valence-electron chi connectivity index (χ2n) is 4.09. The van der Waals surface area contributed by atoms with E-state index in [1.54, 1.807) is 24.2 Å². The smallest absolute Gasteiger partial charge is 0.311 e. The van der Waals surface area contributed by atoms with Crippen LogP contribution in [0.3, 0.4) is 0 Å². The quantitative estimate of drug-likeness (QED) is 0.639. The predicted octanol–water partition coefficient (Wildman–Crippen LogP) is 3.39. The van der Waals surface area contributed by atoms with Crippen LogP contribution in [0.4, 0.5) is 11.5 Å². The molecule has 19 heavy (non-hydrogen) atoms. The fourth-order valence-corrected chi connectivity index (χ4v) is 2.03. The highest BCUT2D eigenvalue weighted by molar-refractivity contribution is 9.10. The Morgan fingerprint density at radius 2 is 2.00 bits per heavy atom. The van der Waals surface area contributed by atoms with Gasteiger partial charge in [0.25, 0.3) is 0 Å². The van der Waals surface area contributed by atoms with Crippen molar-refractivity contribution in [2.75, 3.05) is 11.9 Å². The third kappa shape index (κ3) is 3.29. The average Bonchev–Trinajstić information content (AvgIpc) is 2.41. The Bertz CT molecular complexity index is 587. The number of nitrogens with zero attached hydrogens (tertiary/aromatic N) is 3. The maximum atomic E-state index is 11.0. The van der Waals surface area contributed by atoms with Gasteiger partial charge < -0.3 is 4.90 Å². The molecular weight excluding hydrogens is 310 g/mol. The first-order chi connectivity index (χ1) is 9.08. The number of benzene rings is 1. The van der Waals surface area contributed by atoms with Crippen LogP contribution in [0, 0.1) is 10.1 Å². The monoisotopic (exact) mass is 321 g/mol. The molecule has 0 amide bonds. The van der Waals surface area contributed by atoms with E-state index in [2.05, 4.69) is 20.9 Å². The summed E-state index contributed by atoms with van der Waals surface area (Å²) in [4.78, 5) is 16.4. The Labute approximate surface area is 119 Å². The Hall–Kier alpha value is -1.95. The molecule has 0 aliphatic rings. The number of anilines is 1. The van der Waals surface area contributed by atoms with E-state index in [0.29, 0.717) is 12.4 Å². The van der Waals surface area contributed by atoms with Crippen LogP contribution in [0.25, 0.3) is 0 Å². The summed E-state index contributed by atoms with van der Waals surface area (Å²) in [6.45, 7) is 0.561. The molecule has 1 heterocycles. The van der Waals surface area contributed by atoms with E-state index in [1.165, 1.54) is 6.07 Å². The summed E-state index contributed by atoms with van der Waals surface area (Å²) in [5, 5.41) is 11.0. The van der Waals surface area contributed by atoms with Crippen molar-refractivity contribution in [3.8, 4) is 0 Å². The van der Waals surface area contributed by atoms with Gasteiger partial charge in [-0.2, -0.15) is 0 Å². The van der Waals surface area contributed by atoms with Crippen molar-refractivity contribution >= 4 is 27.4 Å². The summed E-state index contributed by atoms with van der Waals surface area (Å²) in [5.41, 5.74) is 1.08. The van der Waals surface area contributed by atoms with Crippen molar-refractivity contribution in [2.24, 2.45) is 0 Å². The standard InChI is InChI=1S/C13H12BrN3O2/c1-16(9-10-4-6-11(14)7-5-10)13-12(17(18)19)3-2-8-15-13/h2-8H,9H2,1H3. The zero-order chi connectivity index (χ0) is 13.8. The van der Waals surface area contributed by atoms with E-state index in [1.807, 2.05) is 24.3 Å². The fraction of sp³-hybridized carbons (Fsp3) is 0.154. The van der Waals surface area contributed by atoms with Gasteiger partial charge in [-0.15, -0.1) is 0 Å². The number of halogens is 1. The van der Waals surface area contributed by atoms with Crippen molar-refractivity contribution < 1.29 is 4.92 Å². The van der Waals surface area contributed by atoms with Crippen LogP contribution in [0.5, 0.6) is 0 Å². The minimum atomic E-state index is -0.416. The summed E-state index contributed by atoms with van der Waals surface area (Å²) < 4.78 is 1.00. The van der Waals surface area contributed by atoms with Crippen LogP contribution in [0.2, 0.25) is 0 Å². The Morgan fingerprint density at radius 1 is 1.32 bits per heavy atom. The van der Waals surface area contributed by atoms with E-state index in [4.69, 9.17) is 0 Å². The molecule has 0 radical (unpaired) electrons. The fourth-order valence-electron chi connectivity index (χ4n) is 1.76. The zero-order valence-corrected chi connectivity index (χ0v) is 11.9. The van der Waals surface area contributed by atoms with Crippen molar-refractivity contribution in [3.05, 3.63) is 62.7 Å². The van der Waals surface area contributed by atoms with Crippen LogP contribution in [0.15, 0.2) is 47.1 Å². The van der Waals surface area contributed by atoms with Crippen LogP contribution < -0.4 is 4.90 Å². The number of hydrogen-bond acceptors (Lipinski definition) is 4. The van der Waals surface area contributed by atoms with Crippen molar-refractivity contribution in [1.29, 1.82) is 0 Å². The highest BCUT2D eigenvalue weighted by Crippen LogP contribution is 2.25. The van der Waals surface area contributed by atoms with Gasteiger partial charge >= 0.3 is 5.69 Å². The minimum absolute atomic E-state index is 0.0158. The summed E-state index contributed by atoms with van der Waals surface area (Å²) in [7, 11) is 1.79. The van der Waals surface area contributed by atoms with Gasteiger partial charge in [-0.3, -0.25) is 10.1 Å². The molecule has 2 aromatic rings. The Balaban J connectivity index is 2.22. The van der Waals surface area contributed by atoms with E-state index < -0.39 is 4.92 Å². The molecule has 0 aliphatic carbocycles. The highest BCUT2D eigenvalue weighted by Gasteiger charge is 2.17. The lowest BCUT2D eigenvalue weighted by Gasteiger charge is -2.17. The van der Waals surface area contributed by atoms with Crippen molar-refractivity contribution in [2.45, 2.75) is 6.54 Å². The number of rotatable bonds is 4. The number of nitro groups is 1. The summed E-state index contributed by atoms with van der Waals surface area (Å²) >= 11 is 3.37. The molecule has 2 rings (SSSR count). The molecule has 0 saturated heterocycles. The van der Waals surface area contributed by atoms with E-state index in [0.717, 1.165) is 10.0 Å². The summed E-state index contributed by atoms with van der Waals surface area (Å²) in [6.07, 6.45) is 1.56.